The van der Waals surface area contributed by atoms with Crippen LogP contribution in [0.3, 0.4) is 0 Å². The third-order valence-electron chi connectivity index (χ3n) is 6.74. The number of benzene rings is 4. The molecule has 0 bridgehead atoms. The summed E-state index contributed by atoms with van der Waals surface area (Å²) in [7, 11) is 0. The number of fused-ring (bicyclic) bond motifs is 2. The monoisotopic (exact) mass is 526 g/mol. The summed E-state index contributed by atoms with van der Waals surface area (Å²) in [6, 6.07) is 24.8. The number of phenolic OH excluding ortho intramolecular Hbond substituents is 2. The lowest BCUT2D eigenvalue weighted by atomic mass is 9.86. The third kappa shape index (κ3) is 4.82. The molecule has 198 valence electrons. The minimum atomic E-state index is -0.517. The summed E-state index contributed by atoms with van der Waals surface area (Å²) in [5, 5.41) is 24.8. The van der Waals surface area contributed by atoms with Crippen LogP contribution in [-0.2, 0) is 0 Å². The third-order valence-corrected chi connectivity index (χ3v) is 6.74. The number of amides is 2. The van der Waals surface area contributed by atoms with E-state index in [4.69, 9.17) is 18.9 Å². The highest BCUT2D eigenvalue weighted by atomic mass is 16.7. The molecule has 0 saturated heterocycles. The molecular formula is C30H26N2O7. The summed E-state index contributed by atoms with van der Waals surface area (Å²) in [5.74, 6) is 1.34. The average Bonchev–Trinajstić information content (AvgIpc) is 3.60. The van der Waals surface area contributed by atoms with Crippen LogP contribution in [0.25, 0.3) is 0 Å². The molecule has 4 aromatic rings. The van der Waals surface area contributed by atoms with Gasteiger partial charge in [0.1, 0.15) is 11.5 Å². The molecule has 6 rings (SSSR count). The van der Waals surface area contributed by atoms with Crippen molar-refractivity contribution in [1.82, 2.24) is 5.32 Å². The Morgan fingerprint density at radius 1 is 0.718 bits per heavy atom. The largest absolute Gasteiger partial charge is 0.508 e. The number of phenols is 2. The van der Waals surface area contributed by atoms with Gasteiger partial charge >= 0.3 is 6.03 Å². The number of ether oxygens (including phenoxy) is 4. The smallest absolute Gasteiger partial charge is 0.326 e. The zero-order valence-electron chi connectivity index (χ0n) is 20.9. The first kappa shape index (κ1) is 24.3. The Bertz CT molecular complexity index is 1390. The highest BCUT2D eigenvalue weighted by Gasteiger charge is 2.28. The van der Waals surface area contributed by atoms with Crippen LogP contribution < -0.4 is 29.2 Å². The minimum absolute atomic E-state index is 0.0113. The Hall–Kier alpha value is -5.05. The van der Waals surface area contributed by atoms with Crippen molar-refractivity contribution in [3.8, 4) is 34.5 Å². The quantitative estimate of drug-likeness (QED) is 0.287. The minimum Gasteiger partial charge on any atom is -0.508 e. The second kappa shape index (κ2) is 10.4. The van der Waals surface area contributed by atoms with Gasteiger partial charge in [0.25, 0.3) is 0 Å². The molecule has 9 heteroatoms. The molecule has 0 aliphatic carbocycles. The Morgan fingerprint density at radius 3 is 1.62 bits per heavy atom. The van der Waals surface area contributed by atoms with E-state index in [0.717, 1.165) is 11.4 Å². The number of hydrogen-bond donors (Lipinski definition) is 3. The van der Waals surface area contributed by atoms with Crippen molar-refractivity contribution in [1.29, 1.82) is 0 Å². The summed E-state index contributed by atoms with van der Waals surface area (Å²) in [5.41, 5.74) is 2.48. The fraction of sp³-hybridized carbons (Fsp3) is 0.167. The zero-order chi connectivity index (χ0) is 26.8. The molecule has 39 heavy (non-hydrogen) atoms. The lowest BCUT2D eigenvalue weighted by Gasteiger charge is -2.25. The van der Waals surface area contributed by atoms with Gasteiger partial charge in [-0.3, -0.25) is 4.90 Å². The Kier molecular flexibility index (Phi) is 6.46. The number of para-hydroxylation sites is 2. The van der Waals surface area contributed by atoms with Crippen LogP contribution in [-0.4, -0.2) is 36.4 Å². The lowest BCUT2D eigenvalue weighted by Crippen LogP contribution is -2.37. The molecule has 0 saturated carbocycles. The first-order chi connectivity index (χ1) is 19.1. The molecule has 0 atom stereocenters. The highest BCUT2D eigenvalue weighted by Crippen LogP contribution is 2.47. The number of nitrogens with one attached hydrogen (secondary N) is 1. The van der Waals surface area contributed by atoms with Crippen molar-refractivity contribution in [2.45, 2.75) is 12.3 Å². The summed E-state index contributed by atoms with van der Waals surface area (Å²) < 4.78 is 21.9. The van der Waals surface area contributed by atoms with Gasteiger partial charge in [-0.15, -0.1) is 0 Å². The maximum absolute atomic E-state index is 13.5. The Balaban J connectivity index is 1.29. The maximum atomic E-state index is 13.5. The van der Waals surface area contributed by atoms with Crippen LogP contribution in [0, 0.1) is 0 Å². The molecule has 4 aromatic carbocycles. The number of hydrogen-bond acceptors (Lipinski definition) is 7. The van der Waals surface area contributed by atoms with Gasteiger partial charge in [0.15, 0.2) is 23.0 Å². The number of nitrogens with zero attached hydrogens (tertiary/aromatic N) is 1. The number of carbonyl (C=O) groups excluding carboxylic acids is 1. The molecule has 9 nitrogen and oxygen atoms in total. The molecule has 0 aromatic heterocycles. The van der Waals surface area contributed by atoms with Gasteiger partial charge in [0.2, 0.25) is 13.6 Å². The van der Waals surface area contributed by atoms with E-state index >= 15 is 0 Å². The van der Waals surface area contributed by atoms with Crippen LogP contribution in [0.2, 0.25) is 0 Å². The first-order valence-corrected chi connectivity index (χ1v) is 12.5. The number of anilines is 2. The SMILES string of the molecule is O=C(NCCC(c1cc2c(cc1O)OCO2)c1cc2c(cc1O)OCO2)N(c1ccccc1)c1ccccc1. The zero-order valence-corrected chi connectivity index (χ0v) is 20.9. The summed E-state index contributed by atoms with van der Waals surface area (Å²) in [4.78, 5) is 15.1. The fourth-order valence-corrected chi connectivity index (χ4v) is 4.87. The topological polar surface area (TPSA) is 110 Å². The van der Waals surface area contributed by atoms with Crippen molar-refractivity contribution in [2.75, 3.05) is 25.0 Å². The van der Waals surface area contributed by atoms with Gasteiger partial charge in [0, 0.05) is 35.7 Å². The van der Waals surface area contributed by atoms with E-state index in [1.165, 1.54) is 12.1 Å². The van der Waals surface area contributed by atoms with E-state index in [9.17, 15) is 15.0 Å². The van der Waals surface area contributed by atoms with E-state index in [-0.39, 0.29) is 37.7 Å². The highest BCUT2D eigenvalue weighted by molar-refractivity contribution is 5.99. The molecule has 3 N–H and O–H groups in total. The fourth-order valence-electron chi connectivity index (χ4n) is 4.87. The number of carbonyl (C=O) groups is 1. The van der Waals surface area contributed by atoms with Crippen molar-refractivity contribution >= 4 is 17.4 Å². The van der Waals surface area contributed by atoms with E-state index < -0.39 is 5.92 Å². The van der Waals surface area contributed by atoms with Gasteiger partial charge in [-0.05, 0) is 42.8 Å². The van der Waals surface area contributed by atoms with E-state index in [0.29, 0.717) is 40.5 Å². The normalized spacial score (nSPS) is 12.9. The van der Waals surface area contributed by atoms with Crippen molar-refractivity contribution < 1.29 is 34.0 Å². The number of urea groups is 1. The van der Waals surface area contributed by atoms with E-state index in [1.54, 1.807) is 17.0 Å². The maximum Gasteiger partial charge on any atom is 0.326 e. The predicted octanol–water partition coefficient (Wildman–Crippen LogP) is 5.63. The van der Waals surface area contributed by atoms with Crippen LogP contribution in [0.4, 0.5) is 16.2 Å². The molecule has 2 amide bonds. The van der Waals surface area contributed by atoms with E-state index in [1.807, 2.05) is 60.7 Å². The molecule has 2 aliphatic heterocycles. The standard InChI is InChI=1S/C30H26N2O7/c33-24-15-28-26(36-17-38-28)13-22(24)21(23-14-27-29(16-25(23)34)39-18-37-27)11-12-31-30(35)32(19-7-3-1-4-8-19)20-9-5-2-6-10-20/h1-10,13-16,21,33-34H,11-12,17-18H2,(H,31,35). The number of aromatic hydroxyl groups is 2. The molecular weight excluding hydrogens is 500 g/mol. The van der Waals surface area contributed by atoms with Gasteiger partial charge < -0.3 is 34.5 Å². The predicted molar refractivity (Wildman–Crippen MR) is 143 cm³/mol. The first-order valence-electron chi connectivity index (χ1n) is 12.5. The second-order valence-corrected chi connectivity index (χ2v) is 9.11. The van der Waals surface area contributed by atoms with Gasteiger partial charge in [-0.25, -0.2) is 4.79 Å². The molecule has 0 unspecified atom stereocenters. The van der Waals surface area contributed by atoms with Gasteiger partial charge in [0.05, 0.1) is 11.4 Å². The Morgan fingerprint density at radius 2 is 1.15 bits per heavy atom. The van der Waals surface area contributed by atoms with Crippen LogP contribution in [0.1, 0.15) is 23.5 Å². The van der Waals surface area contributed by atoms with E-state index in [2.05, 4.69) is 5.32 Å². The van der Waals surface area contributed by atoms with Gasteiger partial charge in [-0.1, -0.05) is 36.4 Å². The number of rotatable bonds is 7. The average molecular weight is 527 g/mol. The van der Waals surface area contributed by atoms with Crippen LogP contribution in [0.5, 0.6) is 34.5 Å². The molecule has 0 fully saturated rings. The van der Waals surface area contributed by atoms with Gasteiger partial charge in [-0.2, -0.15) is 0 Å². The summed E-state index contributed by atoms with van der Waals surface area (Å²) in [6.07, 6.45) is 0.351. The van der Waals surface area contributed by atoms with Crippen molar-refractivity contribution in [3.05, 3.63) is 96.1 Å². The molecule has 2 aliphatic rings. The Labute approximate surface area is 224 Å². The molecule has 2 heterocycles. The summed E-state index contributed by atoms with van der Waals surface area (Å²) >= 11 is 0. The second-order valence-electron chi connectivity index (χ2n) is 9.11. The van der Waals surface area contributed by atoms with Crippen LogP contribution in [0.15, 0.2) is 84.9 Å². The lowest BCUT2D eigenvalue weighted by molar-refractivity contribution is 0.173. The molecule has 0 radical (unpaired) electrons. The molecule has 0 spiro atoms. The summed E-state index contributed by atoms with van der Waals surface area (Å²) in [6.45, 7) is 0.355. The van der Waals surface area contributed by atoms with Crippen molar-refractivity contribution in [2.24, 2.45) is 0 Å². The van der Waals surface area contributed by atoms with Crippen molar-refractivity contribution in [3.63, 3.8) is 0 Å². The van der Waals surface area contributed by atoms with Crippen LogP contribution >= 0.6 is 0 Å².